The average Bonchev–Trinajstić information content (AvgIpc) is 3.54. The maximum Gasteiger partial charge on any atom is 0.325 e. The number of ether oxygens (including phenoxy) is 2. The summed E-state index contributed by atoms with van der Waals surface area (Å²) >= 11 is 1.19. The number of urea groups is 1. The summed E-state index contributed by atoms with van der Waals surface area (Å²) in [4.78, 5) is 53.4. The summed E-state index contributed by atoms with van der Waals surface area (Å²) in [5, 5.41) is 10.2. The van der Waals surface area contributed by atoms with Gasteiger partial charge in [-0.05, 0) is 31.9 Å². The summed E-state index contributed by atoms with van der Waals surface area (Å²) < 4.78 is 9.36. The number of rotatable bonds is 10. The second-order valence-electron chi connectivity index (χ2n) is 8.35. The topological polar surface area (TPSA) is 136 Å². The van der Waals surface area contributed by atoms with Crippen molar-refractivity contribution < 1.29 is 28.7 Å². The lowest BCUT2D eigenvalue weighted by Crippen LogP contribution is -2.42. The van der Waals surface area contributed by atoms with Crippen LogP contribution in [0.15, 0.2) is 23.6 Å². The van der Waals surface area contributed by atoms with Crippen LogP contribution in [0.4, 0.5) is 15.6 Å². The van der Waals surface area contributed by atoms with Crippen molar-refractivity contribution >= 4 is 45.9 Å². The van der Waals surface area contributed by atoms with Gasteiger partial charge in [0.2, 0.25) is 0 Å². The van der Waals surface area contributed by atoms with Crippen molar-refractivity contribution in [1.82, 2.24) is 10.3 Å². The monoisotopic (exact) mass is 502 g/mol. The van der Waals surface area contributed by atoms with Gasteiger partial charge in [0.05, 0.1) is 32.1 Å². The Hall–Kier alpha value is -3.31. The van der Waals surface area contributed by atoms with E-state index in [1.165, 1.54) is 25.6 Å². The lowest BCUT2D eigenvalue weighted by atomic mass is 9.94. The summed E-state index contributed by atoms with van der Waals surface area (Å²) in [6, 6.07) is 4.06. The number of hydrogen-bond donors (Lipinski definition) is 3. The van der Waals surface area contributed by atoms with Gasteiger partial charge in [0, 0.05) is 23.3 Å². The number of aromatic nitrogens is 1. The minimum absolute atomic E-state index is 0.00233. The fourth-order valence-electron chi connectivity index (χ4n) is 3.96. The molecule has 1 fully saturated rings. The van der Waals surface area contributed by atoms with E-state index in [9.17, 15) is 19.2 Å². The summed E-state index contributed by atoms with van der Waals surface area (Å²) in [7, 11) is 2.51. The van der Waals surface area contributed by atoms with Crippen LogP contribution in [0.2, 0.25) is 0 Å². The zero-order valence-electron chi connectivity index (χ0n) is 20.0. The van der Waals surface area contributed by atoms with Crippen LogP contribution in [0.5, 0.6) is 0 Å². The molecule has 0 spiro atoms. The van der Waals surface area contributed by atoms with Gasteiger partial charge in [-0.1, -0.05) is 24.5 Å². The second-order valence-corrected chi connectivity index (χ2v) is 9.21. The van der Waals surface area contributed by atoms with Crippen LogP contribution < -0.4 is 16.0 Å². The zero-order chi connectivity index (χ0) is 25.4. The highest BCUT2D eigenvalue weighted by molar-refractivity contribution is 7.13. The second kappa shape index (κ2) is 12.4. The van der Waals surface area contributed by atoms with Crippen LogP contribution in [0.1, 0.15) is 47.3 Å². The van der Waals surface area contributed by atoms with E-state index in [1.54, 1.807) is 11.4 Å². The van der Waals surface area contributed by atoms with Crippen molar-refractivity contribution in [3.8, 4) is 0 Å². The molecule has 1 unspecified atom stereocenters. The number of nitrogens with zero attached hydrogens (tertiary/aromatic N) is 1. The van der Waals surface area contributed by atoms with Gasteiger partial charge in [0.1, 0.15) is 6.04 Å². The fourth-order valence-corrected chi connectivity index (χ4v) is 4.67. The Balaban J connectivity index is 1.63. The van der Waals surface area contributed by atoms with Crippen LogP contribution >= 0.6 is 11.3 Å². The van der Waals surface area contributed by atoms with Gasteiger partial charge in [-0.2, -0.15) is 0 Å². The molecule has 1 saturated carbocycles. The molecule has 1 aliphatic rings. The lowest BCUT2D eigenvalue weighted by Gasteiger charge is -2.15. The first kappa shape index (κ1) is 26.3. The van der Waals surface area contributed by atoms with Crippen molar-refractivity contribution in [3.05, 3.63) is 40.4 Å². The quantitative estimate of drug-likeness (QED) is 0.333. The molecule has 0 radical (unpaired) electrons. The Labute approximate surface area is 207 Å². The van der Waals surface area contributed by atoms with Crippen LogP contribution in [0.25, 0.3) is 0 Å². The lowest BCUT2D eigenvalue weighted by molar-refractivity contribution is -0.144. The van der Waals surface area contributed by atoms with E-state index >= 15 is 0 Å². The van der Waals surface area contributed by atoms with E-state index in [4.69, 9.17) is 4.74 Å². The predicted octanol–water partition coefficient (Wildman–Crippen LogP) is 3.32. The standard InChI is InChI=1S/C24H30N4O6S/c1-14-8-9-18(17(10-14)21(30)15-6-4-5-7-15)27-23(32)28-24-26-16(13-35-24)11-19(22(31)34-3)25-12-20(29)33-2/h8-10,13,15,19,25H,4-7,11-12H2,1-3H3,(H2,26,27,28,32). The van der Waals surface area contributed by atoms with Gasteiger partial charge in [-0.25, -0.2) is 9.78 Å². The maximum absolute atomic E-state index is 13.0. The fraction of sp³-hybridized carbons (Fsp3) is 0.458. The van der Waals surface area contributed by atoms with Crippen molar-refractivity contribution in [1.29, 1.82) is 0 Å². The molecule has 2 aromatic rings. The summed E-state index contributed by atoms with van der Waals surface area (Å²) in [6.45, 7) is 1.75. The first-order chi connectivity index (χ1) is 16.8. The van der Waals surface area contributed by atoms with Crippen LogP contribution in [-0.2, 0) is 25.5 Å². The van der Waals surface area contributed by atoms with E-state index in [-0.39, 0.29) is 24.7 Å². The van der Waals surface area contributed by atoms with Crippen LogP contribution in [0.3, 0.4) is 0 Å². The van der Waals surface area contributed by atoms with Crippen molar-refractivity contribution in [2.75, 3.05) is 31.4 Å². The van der Waals surface area contributed by atoms with Gasteiger partial charge >= 0.3 is 18.0 Å². The molecular formula is C24H30N4O6S. The Morgan fingerprint density at radius 3 is 2.54 bits per heavy atom. The van der Waals surface area contributed by atoms with E-state index in [0.29, 0.717) is 22.1 Å². The normalized spacial score (nSPS) is 14.3. The smallest absolute Gasteiger partial charge is 0.325 e. The number of hydrogen-bond acceptors (Lipinski definition) is 9. The molecule has 1 heterocycles. The maximum atomic E-state index is 13.0. The number of nitrogens with one attached hydrogen (secondary N) is 3. The molecule has 35 heavy (non-hydrogen) atoms. The third-order valence-corrected chi connectivity index (χ3v) is 6.61. The van der Waals surface area contributed by atoms with E-state index in [1.807, 2.05) is 19.1 Å². The van der Waals surface area contributed by atoms with Crippen molar-refractivity contribution in [3.63, 3.8) is 0 Å². The summed E-state index contributed by atoms with van der Waals surface area (Å²) in [5.41, 5.74) is 2.46. The van der Waals surface area contributed by atoms with Gasteiger partial charge in [-0.15, -0.1) is 11.3 Å². The number of esters is 2. The SMILES string of the molecule is COC(=O)CNC(Cc1csc(NC(=O)Nc2ccc(C)cc2C(=O)C2CCCC2)n1)C(=O)OC. The first-order valence-corrected chi connectivity index (χ1v) is 12.2. The number of benzene rings is 1. The Morgan fingerprint density at radius 1 is 1.11 bits per heavy atom. The van der Waals surface area contributed by atoms with E-state index in [0.717, 1.165) is 31.2 Å². The molecule has 3 rings (SSSR count). The largest absolute Gasteiger partial charge is 0.468 e. The van der Waals surface area contributed by atoms with Crippen LogP contribution in [0, 0.1) is 12.8 Å². The van der Waals surface area contributed by atoms with Crippen molar-refractivity contribution in [2.45, 2.75) is 45.1 Å². The van der Waals surface area contributed by atoms with Gasteiger partial charge in [0.25, 0.3) is 0 Å². The molecule has 0 bridgehead atoms. The molecule has 0 saturated heterocycles. The number of ketones is 1. The number of Topliss-reactive ketones (excluding diaryl/α,β-unsaturated/α-hetero) is 1. The molecule has 1 atom stereocenters. The Bertz CT molecular complexity index is 1080. The summed E-state index contributed by atoms with van der Waals surface area (Å²) in [6.07, 6.45) is 4.00. The van der Waals surface area contributed by atoms with Crippen LogP contribution in [-0.4, -0.2) is 55.5 Å². The van der Waals surface area contributed by atoms with Crippen molar-refractivity contribution in [2.24, 2.45) is 5.92 Å². The number of thiazole rings is 1. The average molecular weight is 503 g/mol. The van der Waals surface area contributed by atoms with E-state index in [2.05, 4.69) is 25.7 Å². The Morgan fingerprint density at radius 2 is 1.86 bits per heavy atom. The molecule has 1 aromatic carbocycles. The minimum atomic E-state index is -0.806. The molecule has 1 aromatic heterocycles. The number of aryl methyl sites for hydroxylation is 1. The molecule has 3 N–H and O–H groups in total. The number of carbonyl (C=O) groups excluding carboxylic acids is 4. The van der Waals surface area contributed by atoms with Gasteiger partial charge in [0.15, 0.2) is 10.9 Å². The third-order valence-electron chi connectivity index (χ3n) is 5.81. The summed E-state index contributed by atoms with van der Waals surface area (Å²) in [5.74, 6) is -1.00. The number of methoxy groups -OCH3 is 2. The highest BCUT2D eigenvalue weighted by Gasteiger charge is 2.26. The number of amides is 2. The molecular weight excluding hydrogens is 472 g/mol. The first-order valence-electron chi connectivity index (χ1n) is 11.4. The highest BCUT2D eigenvalue weighted by Crippen LogP contribution is 2.31. The van der Waals surface area contributed by atoms with E-state index < -0.39 is 24.0 Å². The van der Waals surface area contributed by atoms with Gasteiger partial charge < -0.3 is 14.8 Å². The Kier molecular flexibility index (Phi) is 9.32. The molecule has 10 nitrogen and oxygen atoms in total. The number of carbonyl (C=O) groups is 4. The molecule has 188 valence electrons. The third kappa shape index (κ3) is 7.33. The minimum Gasteiger partial charge on any atom is -0.468 e. The predicted molar refractivity (Wildman–Crippen MR) is 132 cm³/mol. The molecule has 0 aliphatic heterocycles. The molecule has 2 amide bonds. The highest BCUT2D eigenvalue weighted by atomic mass is 32.1. The zero-order valence-corrected chi connectivity index (χ0v) is 20.8. The molecule has 11 heteroatoms. The number of anilines is 2. The molecule has 1 aliphatic carbocycles. The van der Waals surface area contributed by atoms with Gasteiger partial charge in [-0.3, -0.25) is 25.0 Å².